The second kappa shape index (κ2) is 6.92. The maximum absolute atomic E-state index is 10.4. The van der Waals surface area contributed by atoms with Crippen molar-refractivity contribution in [1.29, 1.82) is 0 Å². The maximum atomic E-state index is 10.4. The molecule has 5 heteroatoms. The smallest absolute Gasteiger partial charge is 0.269 e. The SMILES string of the molecule is O=[N+]([O-])c1ccc(CCNCCCO)cc1. The predicted octanol–water partition coefficient (Wildman–Crippen LogP) is 1.11. The molecular formula is C11H16N2O3. The Morgan fingerprint density at radius 3 is 2.50 bits per heavy atom. The third-order valence-corrected chi connectivity index (χ3v) is 2.25. The van der Waals surface area contributed by atoms with E-state index >= 15 is 0 Å². The van der Waals surface area contributed by atoms with Crippen LogP contribution in [0.5, 0.6) is 0 Å². The van der Waals surface area contributed by atoms with Gasteiger partial charge in [-0.25, -0.2) is 0 Å². The fraction of sp³-hybridized carbons (Fsp3) is 0.455. The van der Waals surface area contributed by atoms with Crippen LogP contribution in [-0.4, -0.2) is 29.7 Å². The van der Waals surface area contributed by atoms with Crippen molar-refractivity contribution in [2.24, 2.45) is 0 Å². The van der Waals surface area contributed by atoms with Crippen molar-refractivity contribution in [2.45, 2.75) is 12.8 Å². The molecule has 0 bridgehead atoms. The molecule has 0 spiro atoms. The summed E-state index contributed by atoms with van der Waals surface area (Å²) >= 11 is 0. The summed E-state index contributed by atoms with van der Waals surface area (Å²) in [6, 6.07) is 6.57. The number of hydrogen-bond donors (Lipinski definition) is 2. The Balaban J connectivity index is 2.29. The fourth-order valence-corrected chi connectivity index (χ4v) is 1.35. The highest BCUT2D eigenvalue weighted by molar-refractivity contribution is 5.32. The minimum Gasteiger partial charge on any atom is -0.396 e. The normalized spacial score (nSPS) is 10.3. The Hall–Kier alpha value is -1.46. The van der Waals surface area contributed by atoms with Crippen LogP contribution in [-0.2, 0) is 6.42 Å². The first-order chi connectivity index (χ1) is 7.74. The molecule has 0 aromatic heterocycles. The molecule has 0 aliphatic carbocycles. The topological polar surface area (TPSA) is 75.4 Å². The summed E-state index contributed by atoms with van der Waals surface area (Å²) in [5.74, 6) is 0. The first kappa shape index (κ1) is 12.6. The van der Waals surface area contributed by atoms with Gasteiger partial charge >= 0.3 is 0 Å². The van der Waals surface area contributed by atoms with Crippen LogP contribution < -0.4 is 5.32 Å². The van der Waals surface area contributed by atoms with Gasteiger partial charge in [-0.15, -0.1) is 0 Å². The van der Waals surface area contributed by atoms with Crippen LogP contribution in [0.25, 0.3) is 0 Å². The maximum Gasteiger partial charge on any atom is 0.269 e. The Morgan fingerprint density at radius 1 is 1.25 bits per heavy atom. The molecule has 2 N–H and O–H groups in total. The van der Waals surface area contributed by atoms with Gasteiger partial charge in [0.05, 0.1) is 4.92 Å². The lowest BCUT2D eigenvalue weighted by molar-refractivity contribution is -0.384. The number of aliphatic hydroxyl groups is 1. The van der Waals surface area contributed by atoms with Crippen LogP contribution in [0.2, 0.25) is 0 Å². The van der Waals surface area contributed by atoms with E-state index in [-0.39, 0.29) is 12.3 Å². The van der Waals surface area contributed by atoms with Gasteiger partial charge in [-0.1, -0.05) is 12.1 Å². The van der Waals surface area contributed by atoms with Gasteiger partial charge in [0.15, 0.2) is 0 Å². The Kier molecular flexibility index (Phi) is 5.45. The average Bonchev–Trinajstić information content (AvgIpc) is 2.29. The van der Waals surface area contributed by atoms with Crippen molar-refractivity contribution in [1.82, 2.24) is 5.32 Å². The Labute approximate surface area is 94.3 Å². The quantitative estimate of drug-likeness (QED) is 0.413. The number of non-ortho nitro benzene ring substituents is 1. The van der Waals surface area contributed by atoms with Crippen LogP contribution >= 0.6 is 0 Å². The minimum absolute atomic E-state index is 0.122. The zero-order valence-electron chi connectivity index (χ0n) is 9.06. The van der Waals surface area contributed by atoms with Crippen molar-refractivity contribution in [2.75, 3.05) is 19.7 Å². The highest BCUT2D eigenvalue weighted by atomic mass is 16.6. The predicted molar refractivity (Wildman–Crippen MR) is 61.4 cm³/mol. The van der Waals surface area contributed by atoms with E-state index < -0.39 is 4.92 Å². The zero-order valence-corrected chi connectivity index (χ0v) is 9.06. The summed E-state index contributed by atoms with van der Waals surface area (Å²) < 4.78 is 0. The van der Waals surface area contributed by atoms with E-state index in [4.69, 9.17) is 5.11 Å². The van der Waals surface area contributed by atoms with Gasteiger partial charge < -0.3 is 10.4 Å². The molecule has 1 rings (SSSR count). The Morgan fingerprint density at radius 2 is 1.94 bits per heavy atom. The second-order valence-electron chi connectivity index (χ2n) is 3.50. The van der Waals surface area contributed by atoms with Crippen LogP contribution in [0.1, 0.15) is 12.0 Å². The van der Waals surface area contributed by atoms with E-state index in [9.17, 15) is 10.1 Å². The van der Waals surface area contributed by atoms with Crippen LogP contribution in [0, 0.1) is 10.1 Å². The van der Waals surface area contributed by atoms with Gasteiger partial charge in [-0.05, 0) is 31.5 Å². The molecule has 0 atom stereocenters. The number of hydrogen-bond acceptors (Lipinski definition) is 4. The van der Waals surface area contributed by atoms with Gasteiger partial charge in [-0.2, -0.15) is 0 Å². The Bertz CT molecular complexity index is 325. The number of aliphatic hydroxyl groups excluding tert-OH is 1. The van der Waals surface area contributed by atoms with E-state index in [1.165, 1.54) is 12.1 Å². The lowest BCUT2D eigenvalue weighted by atomic mass is 10.1. The van der Waals surface area contributed by atoms with E-state index in [1.807, 2.05) is 0 Å². The van der Waals surface area contributed by atoms with Gasteiger partial charge in [0.2, 0.25) is 0 Å². The number of nitrogens with zero attached hydrogens (tertiary/aromatic N) is 1. The molecule has 0 saturated carbocycles. The van der Waals surface area contributed by atoms with Gasteiger partial charge in [-0.3, -0.25) is 10.1 Å². The van der Waals surface area contributed by atoms with E-state index in [0.717, 1.165) is 31.5 Å². The lowest BCUT2D eigenvalue weighted by Gasteiger charge is -2.03. The molecule has 0 heterocycles. The molecular weight excluding hydrogens is 208 g/mol. The van der Waals surface area contributed by atoms with Crippen molar-refractivity contribution >= 4 is 5.69 Å². The molecule has 16 heavy (non-hydrogen) atoms. The summed E-state index contributed by atoms with van der Waals surface area (Å²) in [4.78, 5) is 10.0. The fourth-order valence-electron chi connectivity index (χ4n) is 1.35. The number of nitrogens with one attached hydrogen (secondary N) is 1. The molecule has 1 aromatic carbocycles. The molecule has 0 aliphatic heterocycles. The lowest BCUT2D eigenvalue weighted by Crippen LogP contribution is -2.19. The molecule has 0 fully saturated rings. The molecule has 0 amide bonds. The minimum atomic E-state index is -0.400. The second-order valence-corrected chi connectivity index (χ2v) is 3.50. The number of nitro benzene ring substituents is 1. The molecule has 0 saturated heterocycles. The van der Waals surface area contributed by atoms with E-state index in [1.54, 1.807) is 12.1 Å². The van der Waals surface area contributed by atoms with Crippen LogP contribution in [0.15, 0.2) is 24.3 Å². The van der Waals surface area contributed by atoms with Crippen LogP contribution in [0.4, 0.5) is 5.69 Å². The summed E-state index contributed by atoms with van der Waals surface area (Å²) in [6.07, 6.45) is 1.59. The monoisotopic (exact) mass is 224 g/mol. The highest BCUT2D eigenvalue weighted by Crippen LogP contribution is 2.11. The van der Waals surface area contributed by atoms with Gasteiger partial charge in [0, 0.05) is 18.7 Å². The number of benzene rings is 1. The van der Waals surface area contributed by atoms with Crippen molar-refractivity contribution in [3.8, 4) is 0 Å². The molecule has 0 unspecified atom stereocenters. The summed E-state index contributed by atoms with van der Waals surface area (Å²) in [5.41, 5.74) is 1.19. The largest absolute Gasteiger partial charge is 0.396 e. The molecule has 1 aromatic rings. The zero-order chi connectivity index (χ0) is 11.8. The number of rotatable bonds is 7. The first-order valence-electron chi connectivity index (χ1n) is 5.29. The third-order valence-electron chi connectivity index (χ3n) is 2.25. The summed E-state index contributed by atoms with van der Waals surface area (Å²) in [7, 11) is 0. The average molecular weight is 224 g/mol. The molecule has 0 radical (unpaired) electrons. The number of nitro groups is 1. The highest BCUT2D eigenvalue weighted by Gasteiger charge is 2.03. The van der Waals surface area contributed by atoms with Crippen LogP contribution in [0.3, 0.4) is 0 Å². The summed E-state index contributed by atoms with van der Waals surface area (Å²) in [5, 5.41) is 22.2. The van der Waals surface area contributed by atoms with E-state index in [2.05, 4.69) is 5.32 Å². The van der Waals surface area contributed by atoms with Crippen molar-refractivity contribution < 1.29 is 10.0 Å². The molecule has 88 valence electrons. The standard InChI is InChI=1S/C11H16N2O3/c14-9-1-7-12-8-6-10-2-4-11(5-3-10)13(15)16/h2-5,12,14H,1,6-9H2. The van der Waals surface area contributed by atoms with Crippen molar-refractivity contribution in [3.63, 3.8) is 0 Å². The van der Waals surface area contributed by atoms with Gasteiger partial charge in [0.1, 0.15) is 0 Å². The van der Waals surface area contributed by atoms with E-state index in [0.29, 0.717) is 0 Å². The van der Waals surface area contributed by atoms with Crippen molar-refractivity contribution in [3.05, 3.63) is 39.9 Å². The first-order valence-corrected chi connectivity index (χ1v) is 5.29. The third kappa shape index (κ3) is 4.37. The van der Waals surface area contributed by atoms with Gasteiger partial charge in [0.25, 0.3) is 5.69 Å². The summed E-state index contributed by atoms with van der Waals surface area (Å²) in [6.45, 7) is 1.81. The molecule has 5 nitrogen and oxygen atoms in total. The molecule has 0 aliphatic rings.